The minimum atomic E-state index is -0.344. The third-order valence-corrected chi connectivity index (χ3v) is 4.94. The molecule has 0 spiro atoms. The number of aromatic nitrogens is 1. The molecule has 0 fully saturated rings. The summed E-state index contributed by atoms with van der Waals surface area (Å²) in [4.78, 5) is 27.8. The number of hydrogen-bond acceptors (Lipinski definition) is 2. The standard InChI is InChI=1S/C22H19FN2O2/c1-15-13-17-5-2-3-7-20(17)25(15)22(27)19-6-4-12-24(21(19)26)14-16-8-10-18(23)11-9-16/h2-12,15H,13-14H2,1H3/t15-/m0/s1. The number of benzene rings is 2. The molecule has 2 heterocycles. The summed E-state index contributed by atoms with van der Waals surface area (Å²) in [6, 6.07) is 17.0. The Morgan fingerprint density at radius 2 is 1.81 bits per heavy atom. The number of halogens is 1. The molecule has 1 amide bonds. The van der Waals surface area contributed by atoms with Gasteiger partial charge in [0.2, 0.25) is 0 Å². The van der Waals surface area contributed by atoms with Crippen LogP contribution in [0.5, 0.6) is 0 Å². The van der Waals surface area contributed by atoms with Crippen LogP contribution < -0.4 is 10.5 Å². The van der Waals surface area contributed by atoms with Crippen molar-refractivity contribution in [3.05, 3.63) is 99.7 Å². The van der Waals surface area contributed by atoms with E-state index in [4.69, 9.17) is 0 Å². The highest BCUT2D eigenvalue weighted by Gasteiger charge is 2.32. The van der Waals surface area contributed by atoms with Crippen molar-refractivity contribution in [2.45, 2.75) is 25.9 Å². The van der Waals surface area contributed by atoms with Crippen molar-refractivity contribution in [3.8, 4) is 0 Å². The molecule has 0 aliphatic carbocycles. The number of fused-ring (bicyclic) bond motifs is 1. The van der Waals surface area contributed by atoms with Gasteiger partial charge >= 0.3 is 0 Å². The molecule has 136 valence electrons. The van der Waals surface area contributed by atoms with E-state index in [0.29, 0.717) is 0 Å². The molecule has 1 aliphatic heterocycles. The summed E-state index contributed by atoms with van der Waals surface area (Å²) in [6.07, 6.45) is 2.42. The van der Waals surface area contributed by atoms with Gasteiger partial charge in [-0.25, -0.2) is 4.39 Å². The molecule has 0 saturated carbocycles. The van der Waals surface area contributed by atoms with Crippen molar-refractivity contribution in [2.24, 2.45) is 0 Å². The fraction of sp³-hybridized carbons (Fsp3) is 0.182. The lowest BCUT2D eigenvalue weighted by Crippen LogP contribution is -2.39. The second-order valence-electron chi connectivity index (χ2n) is 6.84. The Bertz CT molecular complexity index is 1060. The smallest absolute Gasteiger partial charge is 0.264 e. The van der Waals surface area contributed by atoms with E-state index in [1.54, 1.807) is 35.4 Å². The Hall–Kier alpha value is -3.21. The zero-order chi connectivity index (χ0) is 19.0. The Labute approximate surface area is 156 Å². The number of carbonyl (C=O) groups is 1. The third-order valence-electron chi connectivity index (χ3n) is 4.94. The van der Waals surface area contributed by atoms with Gasteiger partial charge in [0.25, 0.3) is 11.5 Å². The van der Waals surface area contributed by atoms with Gasteiger partial charge in [0.15, 0.2) is 0 Å². The molecular weight excluding hydrogens is 343 g/mol. The fourth-order valence-electron chi connectivity index (χ4n) is 3.62. The van der Waals surface area contributed by atoms with E-state index in [-0.39, 0.29) is 35.4 Å². The summed E-state index contributed by atoms with van der Waals surface area (Å²) in [7, 11) is 0. The quantitative estimate of drug-likeness (QED) is 0.714. The first kappa shape index (κ1) is 17.2. The molecule has 4 rings (SSSR count). The molecule has 0 bridgehead atoms. The van der Waals surface area contributed by atoms with Crippen molar-refractivity contribution in [3.63, 3.8) is 0 Å². The van der Waals surface area contributed by atoms with Gasteiger partial charge in [0.05, 0.1) is 6.54 Å². The SMILES string of the molecule is C[C@H]1Cc2ccccc2N1C(=O)c1cccn(Cc2ccc(F)cc2)c1=O. The topological polar surface area (TPSA) is 42.3 Å². The lowest BCUT2D eigenvalue weighted by atomic mass is 10.1. The van der Waals surface area contributed by atoms with Crippen LogP contribution in [0.3, 0.4) is 0 Å². The molecule has 0 saturated heterocycles. The van der Waals surface area contributed by atoms with Gasteiger partial charge < -0.3 is 9.47 Å². The van der Waals surface area contributed by atoms with Gasteiger partial charge in [-0.3, -0.25) is 9.59 Å². The maximum absolute atomic E-state index is 13.2. The van der Waals surface area contributed by atoms with Crippen LogP contribution in [0.1, 0.15) is 28.4 Å². The van der Waals surface area contributed by atoms with Crippen LogP contribution in [0, 0.1) is 5.82 Å². The van der Waals surface area contributed by atoms with E-state index >= 15 is 0 Å². The minimum Gasteiger partial charge on any atom is -0.310 e. The minimum absolute atomic E-state index is 0.0000506. The summed E-state index contributed by atoms with van der Waals surface area (Å²) < 4.78 is 14.6. The van der Waals surface area contributed by atoms with Crippen LogP contribution >= 0.6 is 0 Å². The first-order valence-electron chi connectivity index (χ1n) is 8.90. The molecule has 3 aromatic rings. The van der Waals surface area contributed by atoms with Crippen molar-refractivity contribution in [1.82, 2.24) is 4.57 Å². The maximum atomic E-state index is 13.2. The van der Waals surface area contributed by atoms with E-state index in [1.165, 1.54) is 16.7 Å². The number of pyridine rings is 1. The second kappa shape index (κ2) is 6.83. The molecule has 1 atom stereocenters. The van der Waals surface area contributed by atoms with Crippen molar-refractivity contribution < 1.29 is 9.18 Å². The Kier molecular flexibility index (Phi) is 4.36. The highest BCUT2D eigenvalue weighted by molar-refractivity contribution is 6.07. The van der Waals surface area contributed by atoms with E-state index in [0.717, 1.165) is 23.2 Å². The predicted octanol–water partition coefficient (Wildman–Crippen LogP) is 3.63. The maximum Gasteiger partial charge on any atom is 0.264 e. The fourth-order valence-corrected chi connectivity index (χ4v) is 3.62. The van der Waals surface area contributed by atoms with Crippen molar-refractivity contribution in [1.29, 1.82) is 0 Å². The average molecular weight is 362 g/mol. The second-order valence-corrected chi connectivity index (χ2v) is 6.84. The van der Waals surface area contributed by atoms with Gasteiger partial charge in [-0.2, -0.15) is 0 Å². The Morgan fingerprint density at radius 3 is 2.59 bits per heavy atom. The molecule has 1 aromatic heterocycles. The predicted molar refractivity (Wildman–Crippen MR) is 103 cm³/mol. The van der Waals surface area contributed by atoms with Crippen LogP contribution in [0.15, 0.2) is 71.7 Å². The Morgan fingerprint density at radius 1 is 1.07 bits per heavy atom. The first-order chi connectivity index (χ1) is 13.0. The number of carbonyl (C=O) groups excluding carboxylic acids is 1. The van der Waals surface area contributed by atoms with Crippen LogP contribution in [0.2, 0.25) is 0 Å². The highest BCUT2D eigenvalue weighted by Crippen LogP contribution is 2.32. The first-order valence-corrected chi connectivity index (χ1v) is 8.90. The molecular formula is C22H19FN2O2. The van der Waals surface area contributed by atoms with E-state index in [2.05, 4.69) is 0 Å². The number of amides is 1. The zero-order valence-electron chi connectivity index (χ0n) is 14.9. The molecule has 0 radical (unpaired) electrons. The number of nitrogens with zero attached hydrogens (tertiary/aromatic N) is 2. The highest BCUT2D eigenvalue weighted by atomic mass is 19.1. The van der Waals surface area contributed by atoms with Crippen LogP contribution in [-0.4, -0.2) is 16.5 Å². The zero-order valence-corrected chi connectivity index (χ0v) is 14.9. The number of para-hydroxylation sites is 1. The molecule has 5 heteroatoms. The molecule has 0 unspecified atom stereocenters. The van der Waals surface area contributed by atoms with E-state index in [1.807, 2.05) is 31.2 Å². The summed E-state index contributed by atoms with van der Waals surface area (Å²) in [5.41, 5.74) is 2.57. The van der Waals surface area contributed by atoms with Gasteiger partial charge in [0, 0.05) is 17.9 Å². The van der Waals surface area contributed by atoms with Gasteiger partial charge in [-0.05, 0) is 54.8 Å². The van der Waals surface area contributed by atoms with Crippen LogP contribution in [-0.2, 0) is 13.0 Å². The van der Waals surface area contributed by atoms with Crippen molar-refractivity contribution in [2.75, 3.05) is 4.90 Å². The van der Waals surface area contributed by atoms with E-state index in [9.17, 15) is 14.0 Å². The Balaban J connectivity index is 1.67. The average Bonchev–Trinajstić information content (AvgIpc) is 3.00. The normalized spacial score (nSPS) is 15.6. The number of anilines is 1. The van der Waals surface area contributed by atoms with E-state index < -0.39 is 0 Å². The monoisotopic (exact) mass is 362 g/mol. The summed E-state index contributed by atoms with van der Waals surface area (Å²) in [5.74, 6) is -0.609. The lowest BCUT2D eigenvalue weighted by molar-refractivity contribution is 0.0979. The van der Waals surface area contributed by atoms with Crippen LogP contribution in [0.4, 0.5) is 10.1 Å². The van der Waals surface area contributed by atoms with Crippen LogP contribution in [0.25, 0.3) is 0 Å². The molecule has 1 aliphatic rings. The lowest BCUT2D eigenvalue weighted by Gasteiger charge is -2.22. The largest absolute Gasteiger partial charge is 0.310 e. The molecule has 4 nitrogen and oxygen atoms in total. The summed E-state index contributed by atoms with van der Waals surface area (Å²) in [5, 5.41) is 0. The number of hydrogen-bond donors (Lipinski definition) is 0. The summed E-state index contributed by atoms with van der Waals surface area (Å²) >= 11 is 0. The third kappa shape index (κ3) is 3.16. The molecule has 0 N–H and O–H groups in total. The molecule has 2 aromatic carbocycles. The van der Waals surface area contributed by atoms with Gasteiger partial charge in [0.1, 0.15) is 11.4 Å². The summed E-state index contributed by atoms with van der Waals surface area (Å²) in [6.45, 7) is 2.27. The van der Waals surface area contributed by atoms with Gasteiger partial charge in [-0.1, -0.05) is 30.3 Å². The van der Waals surface area contributed by atoms with Gasteiger partial charge in [-0.15, -0.1) is 0 Å². The number of rotatable bonds is 3. The molecule has 27 heavy (non-hydrogen) atoms. The van der Waals surface area contributed by atoms with Crippen molar-refractivity contribution >= 4 is 11.6 Å².